The highest BCUT2D eigenvalue weighted by Crippen LogP contribution is 2.38. The first-order chi connectivity index (χ1) is 8.94. The molecule has 0 radical (unpaired) electrons. The Labute approximate surface area is 122 Å². The largest absolute Gasteiger partial charge is 0.376 e. The van der Waals surface area contributed by atoms with Gasteiger partial charge in [-0.1, -0.05) is 20.8 Å². The molecule has 2 N–H and O–H groups in total. The van der Waals surface area contributed by atoms with Gasteiger partial charge in [0.1, 0.15) is 0 Å². The maximum Gasteiger partial charge on any atom is 0.166 e. The van der Waals surface area contributed by atoms with E-state index in [2.05, 4.69) is 31.4 Å². The molecule has 1 heterocycles. The van der Waals surface area contributed by atoms with Crippen LogP contribution >= 0.6 is 12.2 Å². The summed E-state index contributed by atoms with van der Waals surface area (Å²) < 4.78 is 5.59. The highest BCUT2D eigenvalue weighted by atomic mass is 32.1. The van der Waals surface area contributed by atoms with Gasteiger partial charge >= 0.3 is 0 Å². The lowest BCUT2D eigenvalue weighted by atomic mass is 9.71. The van der Waals surface area contributed by atoms with E-state index in [0.717, 1.165) is 30.6 Å². The molecule has 3 unspecified atom stereocenters. The van der Waals surface area contributed by atoms with E-state index >= 15 is 0 Å². The third-order valence-corrected chi connectivity index (χ3v) is 4.50. The van der Waals surface area contributed by atoms with Crippen molar-refractivity contribution in [3.63, 3.8) is 0 Å². The summed E-state index contributed by atoms with van der Waals surface area (Å²) in [6.45, 7) is 8.82. The summed E-state index contributed by atoms with van der Waals surface area (Å²) in [6, 6.07) is 0.517. The first-order valence-electron chi connectivity index (χ1n) is 7.60. The molecule has 3 nitrogen and oxygen atoms in total. The molecule has 2 fully saturated rings. The van der Waals surface area contributed by atoms with Crippen LogP contribution in [0.1, 0.15) is 52.9 Å². The van der Waals surface area contributed by atoms with Crippen molar-refractivity contribution in [1.82, 2.24) is 10.6 Å². The smallest absolute Gasteiger partial charge is 0.166 e. The molecular formula is C15H28N2OS. The predicted molar refractivity (Wildman–Crippen MR) is 83.3 cm³/mol. The van der Waals surface area contributed by atoms with Gasteiger partial charge in [-0.2, -0.15) is 0 Å². The number of nitrogens with one attached hydrogen (secondary N) is 2. The number of ether oxygens (including phenoxy) is 1. The molecule has 2 rings (SSSR count). The molecule has 1 aliphatic heterocycles. The van der Waals surface area contributed by atoms with E-state index in [0.29, 0.717) is 17.6 Å². The number of rotatable bonds is 3. The zero-order valence-electron chi connectivity index (χ0n) is 12.5. The maximum absolute atomic E-state index is 5.59. The van der Waals surface area contributed by atoms with Crippen molar-refractivity contribution in [2.75, 3.05) is 13.2 Å². The second-order valence-electron chi connectivity index (χ2n) is 7.10. The lowest BCUT2D eigenvalue weighted by molar-refractivity contribution is 0.113. The number of hydrogen-bond acceptors (Lipinski definition) is 2. The van der Waals surface area contributed by atoms with E-state index in [1.54, 1.807) is 0 Å². The summed E-state index contributed by atoms with van der Waals surface area (Å²) in [6.07, 6.45) is 6.44. The summed E-state index contributed by atoms with van der Waals surface area (Å²) in [7, 11) is 0. The lowest BCUT2D eigenvalue weighted by Crippen LogP contribution is -2.48. The van der Waals surface area contributed by atoms with Crippen LogP contribution in [0.15, 0.2) is 0 Å². The van der Waals surface area contributed by atoms with Crippen molar-refractivity contribution in [2.45, 2.75) is 65.0 Å². The molecule has 1 saturated heterocycles. The van der Waals surface area contributed by atoms with Crippen LogP contribution < -0.4 is 10.6 Å². The Hall–Kier alpha value is -0.350. The summed E-state index contributed by atoms with van der Waals surface area (Å²) in [5.74, 6) is 0.780. The highest BCUT2D eigenvalue weighted by molar-refractivity contribution is 7.80. The Kier molecular flexibility index (Phi) is 5.07. The van der Waals surface area contributed by atoms with Crippen molar-refractivity contribution in [1.29, 1.82) is 0 Å². The number of thiocarbonyl (C=S) groups is 1. The molecular weight excluding hydrogens is 256 g/mol. The van der Waals surface area contributed by atoms with Gasteiger partial charge in [0, 0.05) is 19.2 Å². The van der Waals surface area contributed by atoms with E-state index in [9.17, 15) is 0 Å². The van der Waals surface area contributed by atoms with Crippen molar-refractivity contribution >= 4 is 17.3 Å². The van der Waals surface area contributed by atoms with Crippen molar-refractivity contribution in [2.24, 2.45) is 11.3 Å². The van der Waals surface area contributed by atoms with Gasteiger partial charge < -0.3 is 15.4 Å². The Bertz CT molecular complexity index is 313. The molecule has 0 amide bonds. The Balaban J connectivity index is 1.72. The van der Waals surface area contributed by atoms with Crippen LogP contribution in [0.3, 0.4) is 0 Å². The van der Waals surface area contributed by atoms with Crippen LogP contribution in [0.5, 0.6) is 0 Å². The molecule has 0 bridgehead atoms. The molecule has 0 aromatic carbocycles. The van der Waals surface area contributed by atoms with E-state index in [1.165, 1.54) is 25.7 Å². The van der Waals surface area contributed by atoms with Gasteiger partial charge in [-0.3, -0.25) is 0 Å². The van der Waals surface area contributed by atoms with E-state index in [4.69, 9.17) is 17.0 Å². The van der Waals surface area contributed by atoms with Crippen molar-refractivity contribution in [3.05, 3.63) is 0 Å². The fraction of sp³-hybridized carbons (Fsp3) is 0.933. The van der Waals surface area contributed by atoms with Crippen LogP contribution in [0.4, 0.5) is 0 Å². The van der Waals surface area contributed by atoms with Crippen LogP contribution in [-0.4, -0.2) is 30.4 Å². The van der Waals surface area contributed by atoms with Gasteiger partial charge in [0.25, 0.3) is 0 Å². The normalized spacial score (nSPS) is 33.9. The second-order valence-corrected chi connectivity index (χ2v) is 7.51. The zero-order chi connectivity index (χ0) is 13.9. The number of hydrogen-bond donors (Lipinski definition) is 2. The van der Waals surface area contributed by atoms with Gasteiger partial charge in [0.05, 0.1) is 6.10 Å². The minimum atomic E-state index is 0.349. The van der Waals surface area contributed by atoms with Gasteiger partial charge in [-0.05, 0) is 55.7 Å². The van der Waals surface area contributed by atoms with Gasteiger partial charge in [0.15, 0.2) is 5.11 Å². The molecule has 1 saturated carbocycles. The average molecular weight is 284 g/mol. The Morgan fingerprint density at radius 3 is 2.79 bits per heavy atom. The lowest BCUT2D eigenvalue weighted by Gasteiger charge is -2.39. The van der Waals surface area contributed by atoms with Gasteiger partial charge in [0.2, 0.25) is 0 Å². The standard InChI is InChI=1S/C15H28N2OS/c1-11-7-12(9-15(2,3)8-11)17-14(19)16-10-13-5-4-6-18-13/h11-13H,4-10H2,1-3H3,(H2,16,17,19). The predicted octanol–water partition coefficient (Wildman–Crippen LogP) is 2.84. The van der Waals surface area contributed by atoms with Crippen LogP contribution in [0, 0.1) is 11.3 Å². The Morgan fingerprint density at radius 1 is 1.37 bits per heavy atom. The van der Waals surface area contributed by atoms with Gasteiger partial charge in [-0.15, -0.1) is 0 Å². The first kappa shape index (κ1) is 15.0. The second kappa shape index (κ2) is 6.40. The molecule has 3 atom stereocenters. The molecule has 0 spiro atoms. The molecule has 19 heavy (non-hydrogen) atoms. The highest BCUT2D eigenvalue weighted by Gasteiger charge is 2.32. The molecule has 2 aliphatic rings. The summed E-state index contributed by atoms with van der Waals surface area (Å²) in [5, 5.41) is 7.60. The van der Waals surface area contributed by atoms with Crippen molar-refractivity contribution in [3.8, 4) is 0 Å². The topological polar surface area (TPSA) is 33.3 Å². The van der Waals surface area contributed by atoms with Crippen LogP contribution in [0.2, 0.25) is 0 Å². The minimum Gasteiger partial charge on any atom is -0.376 e. The Morgan fingerprint density at radius 2 is 2.16 bits per heavy atom. The molecule has 1 aliphatic carbocycles. The molecule has 0 aromatic rings. The average Bonchev–Trinajstić information content (AvgIpc) is 2.75. The van der Waals surface area contributed by atoms with E-state index in [-0.39, 0.29) is 0 Å². The first-order valence-corrected chi connectivity index (χ1v) is 8.01. The fourth-order valence-electron chi connectivity index (χ4n) is 3.70. The third kappa shape index (κ3) is 4.92. The zero-order valence-corrected chi connectivity index (χ0v) is 13.3. The molecule has 4 heteroatoms. The van der Waals surface area contributed by atoms with Crippen LogP contribution in [-0.2, 0) is 4.74 Å². The minimum absolute atomic E-state index is 0.349. The summed E-state index contributed by atoms with van der Waals surface area (Å²) >= 11 is 5.41. The SMILES string of the molecule is CC1CC(NC(=S)NCC2CCCO2)CC(C)(C)C1. The quantitative estimate of drug-likeness (QED) is 0.781. The third-order valence-electron chi connectivity index (χ3n) is 4.24. The summed E-state index contributed by atoms with van der Waals surface area (Å²) in [5.41, 5.74) is 0.430. The molecule has 110 valence electrons. The van der Waals surface area contributed by atoms with E-state index < -0.39 is 0 Å². The fourth-order valence-corrected chi connectivity index (χ4v) is 3.95. The maximum atomic E-state index is 5.59. The van der Waals surface area contributed by atoms with Crippen molar-refractivity contribution < 1.29 is 4.74 Å². The monoisotopic (exact) mass is 284 g/mol. The van der Waals surface area contributed by atoms with Gasteiger partial charge in [-0.25, -0.2) is 0 Å². The van der Waals surface area contributed by atoms with Crippen LogP contribution in [0.25, 0.3) is 0 Å². The summed E-state index contributed by atoms with van der Waals surface area (Å²) in [4.78, 5) is 0. The van der Waals surface area contributed by atoms with E-state index in [1.807, 2.05) is 0 Å². The molecule has 0 aromatic heterocycles.